The fraction of sp³-hybridized carbons (Fsp3) is 0.286. The molecule has 2 rings (SSSR count). The molecular weight excluding hydrogens is 317 g/mol. The van der Waals surface area contributed by atoms with Crippen molar-refractivity contribution in [2.24, 2.45) is 0 Å². The van der Waals surface area contributed by atoms with Gasteiger partial charge in [0.25, 0.3) is 0 Å². The zero-order valence-corrected chi connectivity index (χ0v) is 12.3. The van der Waals surface area contributed by atoms with Crippen molar-refractivity contribution in [3.05, 3.63) is 40.5 Å². The standard InChI is InChI=1S/C14H12ClF3N4/c1-2-5-20-13-9(7-19)8-21-22(13)12-4-3-10(6-11(12)15)14(16,17)18/h3-4,6,8,20H,2,5H2,1H3. The van der Waals surface area contributed by atoms with Gasteiger partial charge in [-0.05, 0) is 24.6 Å². The summed E-state index contributed by atoms with van der Waals surface area (Å²) in [5.74, 6) is 0.408. The Bertz CT molecular complexity index is 716. The van der Waals surface area contributed by atoms with E-state index in [-0.39, 0.29) is 10.7 Å². The van der Waals surface area contributed by atoms with Gasteiger partial charge < -0.3 is 5.32 Å². The van der Waals surface area contributed by atoms with Gasteiger partial charge in [-0.3, -0.25) is 0 Å². The van der Waals surface area contributed by atoms with Gasteiger partial charge in [0.15, 0.2) is 0 Å². The van der Waals surface area contributed by atoms with E-state index in [1.807, 2.05) is 13.0 Å². The van der Waals surface area contributed by atoms with Crippen LogP contribution < -0.4 is 5.32 Å². The topological polar surface area (TPSA) is 53.6 Å². The quantitative estimate of drug-likeness (QED) is 0.913. The first-order valence-electron chi connectivity index (χ1n) is 6.47. The van der Waals surface area contributed by atoms with Crippen molar-refractivity contribution in [3.63, 3.8) is 0 Å². The Hall–Kier alpha value is -2.20. The van der Waals surface area contributed by atoms with Crippen LogP contribution in [0.3, 0.4) is 0 Å². The van der Waals surface area contributed by atoms with E-state index in [0.717, 1.165) is 18.6 Å². The molecule has 0 fully saturated rings. The lowest BCUT2D eigenvalue weighted by molar-refractivity contribution is -0.137. The van der Waals surface area contributed by atoms with E-state index < -0.39 is 11.7 Å². The van der Waals surface area contributed by atoms with E-state index in [9.17, 15) is 13.2 Å². The summed E-state index contributed by atoms with van der Waals surface area (Å²) in [6, 6.07) is 4.98. The minimum absolute atomic E-state index is 0.0954. The fourth-order valence-electron chi connectivity index (χ4n) is 1.88. The van der Waals surface area contributed by atoms with Crippen molar-refractivity contribution in [1.82, 2.24) is 9.78 Å². The molecule has 0 spiro atoms. The first-order chi connectivity index (χ1) is 10.4. The van der Waals surface area contributed by atoms with E-state index in [2.05, 4.69) is 10.4 Å². The van der Waals surface area contributed by atoms with Gasteiger partial charge >= 0.3 is 6.18 Å². The fourth-order valence-corrected chi connectivity index (χ4v) is 2.14. The number of rotatable bonds is 4. The number of aromatic nitrogens is 2. The van der Waals surface area contributed by atoms with E-state index in [4.69, 9.17) is 16.9 Å². The van der Waals surface area contributed by atoms with E-state index in [0.29, 0.717) is 17.9 Å². The summed E-state index contributed by atoms with van der Waals surface area (Å²) >= 11 is 5.96. The lowest BCUT2D eigenvalue weighted by Gasteiger charge is -2.13. The lowest BCUT2D eigenvalue weighted by atomic mass is 10.2. The van der Waals surface area contributed by atoms with Crippen LogP contribution in [0.15, 0.2) is 24.4 Å². The van der Waals surface area contributed by atoms with Crippen molar-refractivity contribution in [3.8, 4) is 11.8 Å². The number of alkyl halides is 3. The van der Waals surface area contributed by atoms with E-state index in [1.54, 1.807) is 0 Å². The Kier molecular flexibility index (Phi) is 4.62. The molecule has 1 aromatic heterocycles. The summed E-state index contributed by atoms with van der Waals surface area (Å²) in [7, 11) is 0. The van der Waals surface area contributed by atoms with Crippen LogP contribution in [0, 0.1) is 11.3 Å². The van der Waals surface area contributed by atoms with Crippen molar-refractivity contribution >= 4 is 17.4 Å². The number of hydrogen-bond donors (Lipinski definition) is 1. The minimum Gasteiger partial charge on any atom is -0.369 e. The molecule has 0 unspecified atom stereocenters. The monoisotopic (exact) mass is 328 g/mol. The van der Waals surface area contributed by atoms with E-state index >= 15 is 0 Å². The Morgan fingerprint density at radius 3 is 2.68 bits per heavy atom. The number of nitrogens with zero attached hydrogens (tertiary/aromatic N) is 3. The lowest BCUT2D eigenvalue weighted by Crippen LogP contribution is -2.10. The van der Waals surface area contributed by atoms with Crippen LogP contribution >= 0.6 is 11.6 Å². The molecule has 0 aliphatic heterocycles. The predicted molar refractivity (Wildman–Crippen MR) is 77.1 cm³/mol. The molecule has 8 heteroatoms. The molecule has 0 bridgehead atoms. The predicted octanol–water partition coefficient (Wildman–Crippen LogP) is 4.24. The van der Waals surface area contributed by atoms with Crippen LogP contribution in [0.2, 0.25) is 5.02 Å². The van der Waals surface area contributed by atoms with Gasteiger partial charge in [-0.2, -0.15) is 23.5 Å². The Labute approximate surface area is 130 Å². The van der Waals surface area contributed by atoms with Gasteiger partial charge in [-0.1, -0.05) is 18.5 Å². The summed E-state index contributed by atoms with van der Waals surface area (Å²) in [5.41, 5.74) is -0.267. The van der Waals surface area contributed by atoms with Crippen molar-refractivity contribution < 1.29 is 13.2 Å². The highest BCUT2D eigenvalue weighted by molar-refractivity contribution is 6.32. The molecule has 0 saturated carbocycles. The minimum atomic E-state index is -4.46. The zero-order valence-electron chi connectivity index (χ0n) is 11.6. The molecule has 0 aliphatic rings. The van der Waals surface area contributed by atoms with Gasteiger partial charge in [0.05, 0.1) is 22.5 Å². The van der Waals surface area contributed by atoms with Crippen LogP contribution in [0.1, 0.15) is 24.5 Å². The van der Waals surface area contributed by atoms with E-state index in [1.165, 1.54) is 16.9 Å². The molecule has 22 heavy (non-hydrogen) atoms. The van der Waals surface area contributed by atoms with Crippen molar-refractivity contribution in [1.29, 1.82) is 5.26 Å². The van der Waals surface area contributed by atoms with Gasteiger partial charge in [-0.15, -0.1) is 0 Å². The molecule has 0 amide bonds. The summed E-state index contributed by atoms with van der Waals surface area (Å²) < 4.78 is 39.3. The molecule has 0 radical (unpaired) electrons. The van der Waals surface area contributed by atoms with Crippen LogP contribution in [0.25, 0.3) is 5.69 Å². The highest BCUT2D eigenvalue weighted by atomic mass is 35.5. The molecule has 1 N–H and O–H groups in total. The molecule has 116 valence electrons. The highest BCUT2D eigenvalue weighted by Crippen LogP contribution is 2.34. The van der Waals surface area contributed by atoms with Gasteiger partial charge in [0.1, 0.15) is 17.5 Å². The number of nitriles is 1. The Balaban J connectivity index is 2.49. The van der Waals surface area contributed by atoms with Gasteiger partial charge in [0, 0.05) is 6.54 Å². The second-order valence-corrected chi connectivity index (χ2v) is 4.93. The largest absolute Gasteiger partial charge is 0.416 e. The van der Waals surface area contributed by atoms with Crippen molar-refractivity contribution in [2.45, 2.75) is 19.5 Å². The summed E-state index contributed by atoms with van der Waals surface area (Å²) in [5, 5.41) is 16.0. The smallest absolute Gasteiger partial charge is 0.369 e. The molecule has 1 heterocycles. The first-order valence-corrected chi connectivity index (χ1v) is 6.85. The summed E-state index contributed by atoms with van der Waals surface area (Å²) in [6.07, 6.45) is -2.31. The summed E-state index contributed by atoms with van der Waals surface area (Å²) in [6.45, 7) is 2.55. The van der Waals surface area contributed by atoms with Crippen LogP contribution in [0.5, 0.6) is 0 Å². The van der Waals surface area contributed by atoms with Crippen molar-refractivity contribution in [2.75, 3.05) is 11.9 Å². The number of halogens is 4. The van der Waals surface area contributed by atoms with Crippen LogP contribution in [0.4, 0.5) is 19.0 Å². The second kappa shape index (κ2) is 6.28. The van der Waals surface area contributed by atoms with Gasteiger partial charge in [0.2, 0.25) is 0 Å². The third-order valence-corrected chi connectivity index (χ3v) is 3.24. The average Bonchev–Trinajstić information content (AvgIpc) is 2.86. The average molecular weight is 329 g/mol. The number of benzene rings is 1. The number of anilines is 1. The van der Waals surface area contributed by atoms with Crippen LogP contribution in [-0.4, -0.2) is 16.3 Å². The third-order valence-electron chi connectivity index (χ3n) is 2.94. The molecule has 2 aromatic rings. The third kappa shape index (κ3) is 3.17. The second-order valence-electron chi connectivity index (χ2n) is 4.52. The Morgan fingerprint density at radius 1 is 1.41 bits per heavy atom. The number of hydrogen-bond acceptors (Lipinski definition) is 3. The molecule has 0 aliphatic carbocycles. The highest BCUT2D eigenvalue weighted by Gasteiger charge is 2.31. The SMILES string of the molecule is CCCNc1c(C#N)cnn1-c1ccc(C(F)(F)F)cc1Cl. The van der Waals surface area contributed by atoms with Gasteiger partial charge in [-0.25, -0.2) is 4.68 Å². The maximum absolute atomic E-state index is 12.7. The maximum Gasteiger partial charge on any atom is 0.416 e. The molecule has 4 nitrogen and oxygen atoms in total. The molecule has 0 atom stereocenters. The summed E-state index contributed by atoms with van der Waals surface area (Å²) in [4.78, 5) is 0. The normalized spacial score (nSPS) is 11.3. The maximum atomic E-state index is 12.7. The Morgan fingerprint density at radius 2 is 2.14 bits per heavy atom. The molecule has 0 saturated heterocycles. The molecule has 1 aromatic carbocycles. The zero-order chi connectivity index (χ0) is 16.3. The molecular formula is C14H12ClF3N4. The van der Waals surface area contributed by atoms with Crippen LogP contribution in [-0.2, 0) is 6.18 Å². The number of nitrogens with one attached hydrogen (secondary N) is 1. The first kappa shape index (κ1) is 16.2.